The second-order valence-electron chi connectivity index (χ2n) is 5.16. The SMILES string of the molecule is COc1ccc(OC)c(NC(=S)N2CC(C)OC(C)C2)c1. The summed E-state index contributed by atoms with van der Waals surface area (Å²) in [5, 5.41) is 3.91. The highest BCUT2D eigenvalue weighted by Gasteiger charge is 2.24. The van der Waals surface area contributed by atoms with Crippen molar-refractivity contribution in [1.29, 1.82) is 0 Å². The van der Waals surface area contributed by atoms with E-state index in [-0.39, 0.29) is 12.2 Å². The van der Waals surface area contributed by atoms with Gasteiger partial charge in [0.15, 0.2) is 5.11 Å². The molecule has 1 fully saturated rings. The largest absolute Gasteiger partial charge is 0.497 e. The summed E-state index contributed by atoms with van der Waals surface area (Å²) in [5.41, 5.74) is 0.800. The number of hydrogen-bond acceptors (Lipinski definition) is 4. The molecule has 1 aliphatic heterocycles. The lowest BCUT2D eigenvalue weighted by Crippen LogP contribution is -2.49. The van der Waals surface area contributed by atoms with Crippen LogP contribution in [-0.4, -0.2) is 49.5 Å². The van der Waals surface area contributed by atoms with E-state index in [9.17, 15) is 0 Å². The smallest absolute Gasteiger partial charge is 0.173 e. The number of nitrogens with zero attached hydrogens (tertiary/aromatic N) is 1. The van der Waals surface area contributed by atoms with Crippen molar-refractivity contribution < 1.29 is 14.2 Å². The third kappa shape index (κ3) is 3.98. The van der Waals surface area contributed by atoms with Crippen LogP contribution in [0, 0.1) is 0 Å². The number of nitrogens with one attached hydrogen (secondary N) is 1. The van der Waals surface area contributed by atoms with Gasteiger partial charge in [-0.2, -0.15) is 0 Å². The summed E-state index contributed by atoms with van der Waals surface area (Å²) in [5.74, 6) is 1.48. The number of anilines is 1. The van der Waals surface area contributed by atoms with Crippen molar-refractivity contribution in [3.8, 4) is 11.5 Å². The summed E-state index contributed by atoms with van der Waals surface area (Å²) in [7, 11) is 3.27. The molecule has 1 N–H and O–H groups in total. The fourth-order valence-electron chi connectivity index (χ4n) is 2.45. The second-order valence-corrected chi connectivity index (χ2v) is 5.55. The Morgan fingerprint density at radius 1 is 1.24 bits per heavy atom. The third-order valence-corrected chi connectivity index (χ3v) is 3.72. The van der Waals surface area contributed by atoms with E-state index in [1.54, 1.807) is 14.2 Å². The molecule has 2 atom stereocenters. The fourth-order valence-corrected chi connectivity index (χ4v) is 2.71. The summed E-state index contributed by atoms with van der Waals surface area (Å²) < 4.78 is 16.3. The molecule has 1 aliphatic rings. The van der Waals surface area contributed by atoms with E-state index in [1.165, 1.54) is 0 Å². The lowest BCUT2D eigenvalue weighted by atomic mass is 10.2. The monoisotopic (exact) mass is 310 g/mol. The standard InChI is InChI=1S/C15H22N2O3S/c1-10-8-17(9-11(2)20-10)15(21)16-13-7-12(18-3)5-6-14(13)19-4/h5-7,10-11H,8-9H2,1-4H3,(H,16,21). The topological polar surface area (TPSA) is 43.0 Å². The molecule has 2 rings (SSSR count). The maximum absolute atomic E-state index is 5.72. The number of morpholine rings is 1. The molecule has 116 valence electrons. The van der Waals surface area contributed by atoms with Gasteiger partial charge in [-0.25, -0.2) is 0 Å². The lowest BCUT2D eigenvalue weighted by molar-refractivity contribution is -0.0473. The lowest BCUT2D eigenvalue weighted by Gasteiger charge is -2.37. The minimum absolute atomic E-state index is 0.167. The van der Waals surface area contributed by atoms with Crippen LogP contribution in [0.15, 0.2) is 18.2 Å². The molecule has 0 amide bonds. The summed E-state index contributed by atoms with van der Waals surface area (Å²) in [6, 6.07) is 5.58. The average molecular weight is 310 g/mol. The van der Waals surface area contributed by atoms with Gasteiger partial charge < -0.3 is 24.4 Å². The first-order valence-electron chi connectivity index (χ1n) is 6.97. The summed E-state index contributed by atoms with van der Waals surface area (Å²) in [4.78, 5) is 2.12. The van der Waals surface area contributed by atoms with Crippen molar-refractivity contribution in [2.75, 3.05) is 32.6 Å². The Hall–Kier alpha value is -1.53. The number of ether oxygens (including phenoxy) is 3. The van der Waals surface area contributed by atoms with Gasteiger partial charge in [0.1, 0.15) is 11.5 Å². The van der Waals surface area contributed by atoms with Crippen LogP contribution < -0.4 is 14.8 Å². The first-order chi connectivity index (χ1) is 10.0. The van der Waals surface area contributed by atoms with E-state index >= 15 is 0 Å². The molecule has 0 bridgehead atoms. The molecule has 0 aliphatic carbocycles. The van der Waals surface area contributed by atoms with E-state index in [0.29, 0.717) is 5.11 Å². The van der Waals surface area contributed by atoms with Crippen LogP contribution in [0.1, 0.15) is 13.8 Å². The van der Waals surface area contributed by atoms with E-state index in [4.69, 9.17) is 26.4 Å². The Labute approximate surface area is 131 Å². The number of hydrogen-bond donors (Lipinski definition) is 1. The van der Waals surface area contributed by atoms with Crippen LogP contribution >= 0.6 is 12.2 Å². The van der Waals surface area contributed by atoms with Crippen molar-refractivity contribution in [1.82, 2.24) is 4.90 Å². The Bertz CT molecular complexity index is 500. The molecule has 21 heavy (non-hydrogen) atoms. The zero-order valence-electron chi connectivity index (χ0n) is 12.9. The summed E-state index contributed by atoms with van der Waals surface area (Å²) >= 11 is 5.51. The highest BCUT2D eigenvalue weighted by atomic mass is 32.1. The van der Waals surface area contributed by atoms with Gasteiger partial charge in [0.2, 0.25) is 0 Å². The van der Waals surface area contributed by atoms with Gasteiger partial charge in [-0.1, -0.05) is 0 Å². The van der Waals surface area contributed by atoms with E-state index in [1.807, 2.05) is 18.2 Å². The van der Waals surface area contributed by atoms with E-state index in [2.05, 4.69) is 24.1 Å². The van der Waals surface area contributed by atoms with Gasteiger partial charge in [-0.3, -0.25) is 0 Å². The molecule has 0 spiro atoms. The molecule has 1 heterocycles. The Morgan fingerprint density at radius 2 is 1.90 bits per heavy atom. The van der Waals surface area contributed by atoms with Crippen molar-refractivity contribution in [3.05, 3.63) is 18.2 Å². The minimum atomic E-state index is 0.167. The summed E-state index contributed by atoms with van der Waals surface area (Å²) in [6.45, 7) is 5.67. The molecule has 0 aromatic heterocycles. The number of benzene rings is 1. The van der Waals surface area contributed by atoms with Crippen molar-refractivity contribution >= 4 is 23.0 Å². The van der Waals surface area contributed by atoms with Gasteiger partial charge in [-0.05, 0) is 38.2 Å². The van der Waals surface area contributed by atoms with Gasteiger partial charge in [-0.15, -0.1) is 0 Å². The Balaban J connectivity index is 2.11. The predicted molar refractivity (Wildman–Crippen MR) is 87.3 cm³/mol. The van der Waals surface area contributed by atoms with E-state index < -0.39 is 0 Å². The molecule has 6 heteroatoms. The number of rotatable bonds is 3. The van der Waals surface area contributed by atoms with Gasteiger partial charge in [0.25, 0.3) is 0 Å². The van der Waals surface area contributed by atoms with Crippen LogP contribution in [0.4, 0.5) is 5.69 Å². The molecule has 2 unspecified atom stereocenters. The van der Waals surface area contributed by atoms with Crippen LogP contribution in [0.3, 0.4) is 0 Å². The molecule has 1 aromatic rings. The third-order valence-electron chi connectivity index (χ3n) is 3.36. The minimum Gasteiger partial charge on any atom is -0.497 e. The van der Waals surface area contributed by atoms with E-state index in [0.717, 1.165) is 30.3 Å². The van der Waals surface area contributed by atoms with Gasteiger partial charge in [0, 0.05) is 19.2 Å². The molecular formula is C15H22N2O3S. The zero-order chi connectivity index (χ0) is 15.4. The number of thiocarbonyl (C=S) groups is 1. The molecule has 5 nitrogen and oxygen atoms in total. The number of methoxy groups -OCH3 is 2. The van der Waals surface area contributed by atoms with Crippen LogP contribution in [-0.2, 0) is 4.74 Å². The Kier molecular flexibility index (Phi) is 5.25. The molecule has 0 radical (unpaired) electrons. The predicted octanol–water partition coefficient (Wildman–Crippen LogP) is 2.51. The van der Waals surface area contributed by atoms with Crippen molar-refractivity contribution in [3.63, 3.8) is 0 Å². The van der Waals surface area contributed by atoms with Gasteiger partial charge in [0.05, 0.1) is 32.1 Å². The van der Waals surface area contributed by atoms with Crippen molar-refractivity contribution in [2.24, 2.45) is 0 Å². The Morgan fingerprint density at radius 3 is 2.48 bits per heavy atom. The molecule has 1 aromatic carbocycles. The highest BCUT2D eigenvalue weighted by molar-refractivity contribution is 7.80. The molecular weight excluding hydrogens is 288 g/mol. The molecule has 1 saturated heterocycles. The van der Waals surface area contributed by atoms with Crippen LogP contribution in [0.5, 0.6) is 11.5 Å². The first-order valence-corrected chi connectivity index (χ1v) is 7.37. The van der Waals surface area contributed by atoms with Crippen LogP contribution in [0.25, 0.3) is 0 Å². The second kappa shape index (κ2) is 6.95. The normalized spacial score (nSPS) is 21.8. The van der Waals surface area contributed by atoms with Gasteiger partial charge >= 0.3 is 0 Å². The van der Waals surface area contributed by atoms with Crippen LogP contribution in [0.2, 0.25) is 0 Å². The maximum Gasteiger partial charge on any atom is 0.173 e. The highest BCUT2D eigenvalue weighted by Crippen LogP contribution is 2.29. The average Bonchev–Trinajstić information content (AvgIpc) is 2.46. The van der Waals surface area contributed by atoms with Crippen molar-refractivity contribution in [2.45, 2.75) is 26.1 Å². The quantitative estimate of drug-likeness (QED) is 0.865. The fraction of sp³-hybridized carbons (Fsp3) is 0.533. The first kappa shape index (κ1) is 15.9. The zero-order valence-corrected chi connectivity index (χ0v) is 13.7. The molecule has 0 saturated carbocycles. The maximum atomic E-state index is 5.72. The summed E-state index contributed by atoms with van der Waals surface area (Å²) in [6.07, 6.45) is 0.335.